The molecule has 1 saturated heterocycles. The second-order valence-electron chi connectivity index (χ2n) is 5.79. The molecule has 0 saturated carbocycles. The standard InChI is InChI=1S/C14H19FN2O3S/c1-8-6-17(7-9(8)2)14(18)12-4-11(15)5-13(10(12)3)21(16,19)20/h4-5,8-9H,6-7H2,1-3H3,(H2,16,19,20). The summed E-state index contributed by atoms with van der Waals surface area (Å²) in [6.07, 6.45) is 0. The number of sulfonamides is 1. The van der Waals surface area contributed by atoms with Crippen molar-refractivity contribution < 1.29 is 17.6 Å². The Labute approximate surface area is 124 Å². The Kier molecular flexibility index (Phi) is 4.08. The van der Waals surface area contributed by atoms with Crippen LogP contribution in [0.2, 0.25) is 0 Å². The van der Waals surface area contributed by atoms with Crippen molar-refractivity contribution in [1.29, 1.82) is 0 Å². The van der Waals surface area contributed by atoms with Gasteiger partial charge in [-0.05, 0) is 36.5 Å². The lowest BCUT2D eigenvalue weighted by atomic mass is 10.0. The average Bonchev–Trinajstić information content (AvgIpc) is 2.70. The topological polar surface area (TPSA) is 80.5 Å². The maximum Gasteiger partial charge on any atom is 0.254 e. The van der Waals surface area contributed by atoms with Crippen LogP contribution < -0.4 is 5.14 Å². The molecule has 1 aliphatic heterocycles. The van der Waals surface area contributed by atoms with E-state index < -0.39 is 15.8 Å². The van der Waals surface area contributed by atoms with Crippen LogP contribution in [0.1, 0.15) is 29.8 Å². The number of hydrogen-bond acceptors (Lipinski definition) is 3. The highest BCUT2D eigenvalue weighted by Crippen LogP contribution is 2.26. The molecule has 1 aliphatic rings. The fourth-order valence-electron chi connectivity index (χ4n) is 2.64. The number of benzene rings is 1. The van der Waals surface area contributed by atoms with Gasteiger partial charge in [0.2, 0.25) is 10.0 Å². The fraction of sp³-hybridized carbons (Fsp3) is 0.500. The van der Waals surface area contributed by atoms with E-state index in [0.29, 0.717) is 24.9 Å². The number of carbonyl (C=O) groups excluding carboxylic acids is 1. The van der Waals surface area contributed by atoms with E-state index in [4.69, 9.17) is 5.14 Å². The quantitative estimate of drug-likeness (QED) is 0.898. The second kappa shape index (κ2) is 5.38. The number of likely N-dealkylation sites (tertiary alicyclic amines) is 1. The molecule has 21 heavy (non-hydrogen) atoms. The molecule has 0 spiro atoms. The van der Waals surface area contributed by atoms with Crippen LogP contribution in [-0.4, -0.2) is 32.3 Å². The summed E-state index contributed by atoms with van der Waals surface area (Å²) in [7, 11) is -4.07. The molecule has 1 fully saturated rings. The normalized spacial score (nSPS) is 22.6. The first-order valence-corrected chi connectivity index (χ1v) is 8.28. The van der Waals surface area contributed by atoms with Crippen LogP contribution in [0.4, 0.5) is 4.39 Å². The van der Waals surface area contributed by atoms with Gasteiger partial charge in [-0.2, -0.15) is 0 Å². The van der Waals surface area contributed by atoms with Gasteiger partial charge in [-0.3, -0.25) is 4.79 Å². The molecule has 1 aromatic rings. The maximum absolute atomic E-state index is 13.6. The summed E-state index contributed by atoms with van der Waals surface area (Å²) in [6, 6.07) is 1.91. The van der Waals surface area contributed by atoms with Crippen LogP contribution in [0.3, 0.4) is 0 Å². The number of primary sulfonamides is 1. The van der Waals surface area contributed by atoms with Gasteiger partial charge in [0.25, 0.3) is 5.91 Å². The molecule has 2 rings (SSSR count). The summed E-state index contributed by atoms with van der Waals surface area (Å²) in [5.41, 5.74) is 0.247. The number of carbonyl (C=O) groups is 1. The first-order valence-electron chi connectivity index (χ1n) is 6.73. The van der Waals surface area contributed by atoms with E-state index in [0.717, 1.165) is 12.1 Å². The van der Waals surface area contributed by atoms with E-state index >= 15 is 0 Å². The zero-order chi connectivity index (χ0) is 15.9. The van der Waals surface area contributed by atoms with Gasteiger partial charge in [0.15, 0.2) is 0 Å². The van der Waals surface area contributed by atoms with Crippen LogP contribution in [0, 0.1) is 24.6 Å². The van der Waals surface area contributed by atoms with Gasteiger partial charge in [0.1, 0.15) is 5.82 Å². The van der Waals surface area contributed by atoms with Gasteiger partial charge < -0.3 is 4.90 Å². The molecule has 1 heterocycles. The summed E-state index contributed by atoms with van der Waals surface area (Å²) in [6.45, 7) is 6.73. The van der Waals surface area contributed by atoms with E-state index in [1.165, 1.54) is 6.92 Å². The van der Waals surface area contributed by atoms with Crippen molar-refractivity contribution in [3.05, 3.63) is 29.1 Å². The lowest BCUT2D eigenvalue weighted by Gasteiger charge is -2.18. The number of hydrogen-bond donors (Lipinski definition) is 1. The highest BCUT2D eigenvalue weighted by Gasteiger charge is 2.31. The molecule has 0 bridgehead atoms. The molecular formula is C14H19FN2O3S. The zero-order valence-electron chi connectivity index (χ0n) is 12.3. The maximum atomic E-state index is 13.6. The lowest BCUT2D eigenvalue weighted by molar-refractivity contribution is 0.0783. The monoisotopic (exact) mass is 314 g/mol. The molecule has 5 nitrogen and oxygen atoms in total. The Bertz CT molecular complexity index is 678. The van der Waals surface area contributed by atoms with Crippen molar-refractivity contribution in [2.75, 3.05) is 13.1 Å². The van der Waals surface area contributed by atoms with Crippen molar-refractivity contribution >= 4 is 15.9 Å². The number of amides is 1. The summed E-state index contributed by atoms with van der Waals surface area (Å²) >= 11 is 0. The SMILES string of the molecule is Cc1c(C(=O)N2CC(C)C(C)C2)cc(F)cc1S(N)(=O)=O. The summed E-state index contributed by atoms with van der Waals surface area (Å²) < 4.78 is 36.6. The van der Waals surface area contributed by atoms with E-state index in [1.807, 2.05) is 13.8 Å². The lowest BCUT2D eigenvalue weighted by Crippen LogP contribution is -2.30. The highest BCUT2D eigenvalue weighted by molar-refractivity contribution is 7.89. The Balaban J connectivity index is 2.45. The van der Waals surface area contributed by atoms with Gasteiger partial charge in [-0.1, -0.05) is 13.8 Å². The molecule has 2 atom stereocenters. The Morgan fingerprint density at radius 2 is 1.81 bits per heavy atom. The predicted octanol–water partition coefficient (Wildman–Crippen LogP) is 1.51. The summed E-state index contributed by atoms with van der Waals surface area (Å²) in [5, 5.41) is 5.07. The minimum atomic E-state index is -4.07. The number of halogens is 1. The predicted molar refractivity (Wildman–Crippen MR) is 76.7 cm³/mol. The minimum absolute atomic E-state index is 0.0559. The molecule has 0 aliphatic carbocycles. The van der Waals surface area contributed by atoms with Crippen molar-refractivity contribution in [2.45, 2.75) is 25.7 Å². The van der Waals surface area contributed by atoms with Crippen LogP contribution >= 0.6 is 0 Å². The first-order chi connectivity index (χ1) is 9.61. The van der Waals surface area contributed by atoms with E-state index in [9.17, 15) is 17.6 Å². The number of nitrogens with zero attached hydrogens (tertiary/aromatic N) is 1. The largest absolute Gasteiger partial charge is 0.338 e. The van der Waals surface area contributed by atoms with Crippen LogP contribution in [0.5, 0.6) is 0 Å². The molecule has 0 aromatic heterocycles. The summed E-state index contributed by atoms with van der Waals surface area (Å²) in [4.78, 5) is 13.8. The highest BCUT2D eigenvalue weighted by atomic mass is 32.2. The van der Waals surface area contributed by atoms with Crippen LogP contribution in [0.15, 0.2) is 17.0 Å². The fourth-order valence-corrected chi connectivity index (χ4v) is 3.45. The van der Waals surface area contributed by atoms with Crippen molar-refractivity contribution in [3.8, 4) is 0 Å². The van der Waals surface area contributed by atoms with Crippen LogP contribution in [-0.2, 0) is 10.0 Å². The molecule has 2 N–H and O–H groups in total. The van der Waals surface area contributed by atoms with E-state index in [2.05, 4.69) is 0 Å². The summed E-state index contributed by atoms with van der Waals surface area (Å²) in [5.74, 6) is -0.414. The molecule has 116 valence electrons. The van der Waals surface area contributed by atoms with Gasteiger partial charge in [0, 0.05) is 18.7 Å². The zero-order valence-corrected chi connectivity index (χ0v) is 13.1. The molecule has 0 radical (unpaired) electrons. The molecule has 1 aromatic carbocycles. The average molecular weight is 314 g/mol. The van der Waals surface area contributed by atoms with E-state index in [1.54, 1.807) is 4.90 Å². The van der Waals surface area contributed by atoms with Crippen LogP contribution in [0.25, 0.3) is 0 Å². The molecule has 2 unspecified atom stereocenters. The second-order valence-corrected chi connectivity index (χ2v) is 7.32. The molecule has 1 amide bonds. The van der Waals surface area contributed by atoms with Gasteiger partial charge in [-0.15, -0.1) is 0 Å². The molecule has 7 heteroatoms. The first kappa shape index (κ1) is 15.9. The number of nitrogens with two attached hydrogens (primary N) is 1. The molecular weight excluding hydrogens is 295 g/mol. The third-order valence-corrected chi connectivity index (χ3v) is 5.17. The third kappa shape index (κ3) is 3.08. The van der Waals surface area contributed by atoms with Gasteiger partial charge in [0.05, 0.1) is 4.90 Å². The number of rotatable bonds is 2. The Morgan fingerprint density at radius 1 is 1.29 bits per heavy atom. The van der Waals surface area contributed by atoms with Crippen molar-refractivity contribution in [1.82, 2.24) is 4.90 Å². The minimum Gasteiger partial charge on any atom is -0.338 e. The smallest absolute Gasteiger partial charge is 0.254 e. The van der Waals surface area contributed by atoms with Crippen molar-refractivity contribution in [3.63, 3.8) is 0 Å². The van der Waals surface area contributed by atoms with Gasteiger partial charge >= 0.3 is 0 Å². The Hall–Kier alpha value is -1.47. The third-order valence-electron chi connectivity index (χ3n) is 4.14. The Morgan fingerprint density at radius 3 is 2.29 bits per heavy atom. The van der Waals surface area contributed by atoms with Crippen molar-refractivity contribution in [2.24, 2.45) is 17.0 Å². The van der Waals surface area contributed by atoms with Gasteiger partial charge in [-0.25, -0.2) is 17.9 Å². The van der Waals surface area contributed by atoms with E-state index in [-0.39, 0.29) is 21.9 Å².